The van der Waals surface area contributed by atoms with Crippen LogP contribution in [0.3, 0.4) is 0 Å². The van der Waals surface area contributed by atoms with Gasteiger partial charge in [-0.05, 0) is 11.1 Å². The van der Waals surface area contributed by atoms with Crippen LogP contribution in [0.25, 0.3) is 0 Å². The monoisotopic (exact) mass is 269 g/mol. The van der Waals surface area contributed by atoms with Crippen LogP contribution in [0.15, 0.2) is 18.2 Å². The predicted molar refractivity (Wildman–Crippen MR) is 50.8 cm³/mol. The third-order valence-electron chi connectivity index (χ3n) is 2.12. The molecule has 18 heavy (non-hydrogen) atoms. The fraction of sp³-hybridized carbons (Fsp3) is 0.364. The molecule has 1 aromatic rings. The lowest BCUT2D eigenvalue weighted by Crippen LogP contribution is -2.17. The predicted octanol–water partition coefficient (Wildman–Crippen LogP) is 3.35. The maximum absolute atomic E-state index is 12.2. The minimum Gasteiger partial charge on any atom is -0.285 e. The van der Waals surface area contributed by atoms with Gasteiger partial charge in [-0.1, -0.05) is 18.2 Å². The van der Waals surface area contributed by atoms with Crippen molar-refractivity contribution in [2.45, 2.75) is 25.2 Å². The van der Waals surface area contributed by atoms with E-state index in [9.17, 15) is 31.1 Å². The smallest absolute Gasteiger partial charge is 0.285 e. The average molecular weight is 269 g/mol. The molecule has 0 N–H and O–H groups in total. The Balaban J connectivity index is 3.14. The third-order valence-corrected chi connectivity index (χ3v) is 2.12. The second-order valence-corrected chi connectivity index (χ2v) is 3.64. The summed E-state index contributed by atoms with van der Waals surface area (Å²) in [4.78, 5) is 10.6. The van der Waals surface area contributed by atoms with Gasteiger partial charge in [-0.25, -0.2) is 0 Å². The van der Waals surface area contributed by atoms with Crippen molar-refractivity contribution in [3.8, 4) is 0 Å². The second kappa shape index (κ2) is 4.99. The molecule has 0 aliphatic rings. The van der Waals surface area contributed by atoms with E-state index in [1.54, 1.807) is 0 Å². The Morgan fingerprint density at radius 1 is 0.889 bits per heavy atom. The van der Waals surface area contributed by atoms with Crippen LogP contribution in [0, 0.1) is 0 Å². The molecule has 99 valence electrons. The van der Waals surface area contributed by atoms with Gasteiger partial charge in [0, 0.05) is 5.56 Å². The molecule has 0 aromatic heterocycles. The first-order valence-electron chi connectivity index (χ1n) is 4.75. The molecule has 0 aliphatic carbocycles. The molecule has 0 heterocycles. The van der Waals surface area contributed by atoms with Gasteiger partial charge in [0.1, 0.15) is 0 Å². The molecular formula is C11H7F6O. The molecule has 0 atom stereocenters. The van der Waals surface area contributed by atoms with Gasteiger partial charge >= 0.3 is 12.4 Å². The topological polar surface area (TPSA) is 17.1 Å². The van der Waals surface area contributed by atoms with Crippen LogP contribution in [-0.4, -0.2) is 18.6 Å². The summed E-state index contributed by atoms with van der Waals surface area (Å²) in [7, 11) is 0. The van der Waals surface area contributed by atoms with Gasteiger partial charge in [-0.2, -0.15) is 26.3 Å². The maximum atomic E-state index is 12.2. The Morgan fingerprint density at radius 3 is 1.56 bits per heavy atom. The average Bonchev–Trinajstić information content (AvgIpc) is 2.12. The van der Waals surface area contributed by atoms with Gasteiger partial charge in [0.2, 0.25) is 6.29 Å². The van der Waals surface area contributed by atoms with Crippen molar-refractivity contribution < 1.29 is 31.1 Å². The summed E-state index contributed by atoms with van der Waals surface area (Å²) in [5, 5.41) is 0. The lowest BCUT2D eigenvalue weighted by molar-refractivity contribution is -0.127. The molecule has 0 saturated heterocycles. The van der Waals surface area contributed by atoms with E-state index in [4.69, 9.17) is 0 Å². The Kier molecular flexibility index (Phi) is 4.03. The van der Waals surface area contributed by atoms with Crippen LogP contribution >= 0.6 is 0 Å². The van der Waals surface area contributed by atoms with Crippen LogP contribution in [0.5, 0.6) is 0 Å². The summed E-state index contributed by atoms with van der Waals surface area (Å²) in [6, 6.07) is 2.99. The molecule has 0 fully saturated rings. The summed E-state index contributed by atoms with van der Waals surface area (Å²) in [6.45, 7) is 0. The first-order chi connectivity index (χ1) is 8.12. The van der Waals surface area contributed by atoms with Crippen LogP contribution < -0.4 is 0 Å². The minimum atomic E-state index is -4.59. The molecule has 1 radical (unpaired) electrons. The van der Waals surface area contributed by atoms with Gasteiger partial charge in [0.15, 0.2) is 0 Å². The van der Waals surface area contributed by atoms with Crippen LogP contribution in [0.4, 0.5) is 26.3 Å². The largest absolute Gasteiger partial charge is 0.393 e. The van der Waals surface area contributed by atoms with Gasteiger partial charge in [0.05, 0.1) is 12.8 Å². The molecule has 0 aliphatic heterocycles. The normalized spacial score (nSPS) is 12.6. The lowest BCUT2D eigenvalue weighted by Gasteiger charge is -2.13. The first kappa shape index (κ1) is 14.5. The molecule has 0 unspecified atom stereocenters. The highest BCUT2D eigenvalue weighted by atomic mass is 19.4. The fourth-order valence-corrected chi connectivity index (χ4v) is 1.51. The van der Waals surface area contributed by atoms with E-state index in [2.05, 4.69) is 0 Å². The summed E-state index contributed by atoms with van der Waals surface area (Å²) in [5.41, 5.74) is -1.66. The molecule has 0 saturated carbocycles. The van der Waals surface area contributed by atoms with Gasteiger partial charge in [-0.15, -0.1) is 0 Å². The van der Waals surface area contributed by atoms with E-state index in [-0.39, 0.29) is 0 Å². The van der Waals surface area contributed by atoms with Crippen molar-refractivity contribution >= 4 is 6.29 Å². The van der Waals surface area contributed by atoms with Gasteiger partial charge in [-0.3, -0.25) is 4.79 Å². The highest BCUT2D eigenvalue weighted by molar-refractivity contribution is 5.80. The number of carbonyl (C=O) groups excluding carboxylic acids is 1. The molecule has 1 aromatic carbocycles. The summed E-state index contributed by atoms with van der Waals surface area (Å²) < 4.78 is 73.1. The van der Waals surface area contributed by atoms with E-state index in [0.29, 0.717) is 0 Å². The number of hydrogen-bond donors (Lipinski definition) is 0. The Labute approximate surface area is 98.4 Å². The molecule has 0 bridgehead atoms. The summed E-state index contributed by atoms with van der Waals surface area (Å²) >= 11 is 0. The second-order valence-electron chi connectivity index (χ2n) is 3.64. The van der Waals surface area contributed by atoms with Crippen LogP contribution in [-0.2, 0) is 17.6 Å². The van der Waals surface area contributed by atoms with E-state index in [1.165, 1.54) is 0 Å². The van der Waals surface area contributed by atoms with E-state index < -0.39 is 41.9 Å². The molecule has 0 amide bonds. The Morgan fingerprint density at radius 2 is 1.28 bits per heavy atom. The Hall–Kier alpha value is -1.53. The van der Waals surface area contributed by atoms with Gasteiger partial charge < -0.3 is 0 Å². The van der Waals surface area contributed by atoms with Crippen LogP contribution in [0.2, 0.25) is 0 Å². The minimum absolute atomic E-state index is 0.501. The fourth-order valence-electron chi connectivity index (χ4n) is 1.51. The SMILES string of the molecule is O=[C]c1c(CC(F)(F)F)cccc1CC(F)(F)F. The number of alkyl halides is 6. The highest BCUT2D eigenvalue weighted by Crippen LogP contribution is 2.28. The molecular weight excluding hydrogens is 262 g/mol. The van der Waals surface area contributed by atoms with Gasteiger partial charge in [0.25, 0.3) is 0 Å². The lowest BCUT2D eigenvalue weighted by atomic mass is 9.97. The Bertz CT molecular complexity index is 398. The van der Waals surface area contributed by atoms with Crippen molar-refractivity contribution in [3.05, 3.63) is 34.9 Å². The van der Waals surface area contributed by atoms with Crippen molar-refractivity contribution in [2.24, 2.45) is 0 Å². The zero-order valence-corrected chi connectivity index (χ0v) is 8.82. The van der Waals surface area contributed by atoms with Crippen LogP contribution in [0.1, 0.15) is 16.7 Å². The quantitative estimate of drug-likeness (QED) is 0.769. The zero-order chi connectivity index (χ0) is 14.0. The van der Waals surface area contributed by atoms with Crippen molar-refractivity contribution in [1.82, 2.24) is 0 Å². The van der Waals surface area contributed by atoms with Crippen molar-refractivity contribution in [1.29, 1.82) is 0 Å². The standard InChI is InChI=1S/C11H7F6O/c12-10(13,14)4-7-2-1-3-8(9(7)6-18)5-11(15,16)17/h1-3H,4-5H2. The van der Waals surface area contributed by atoms with E-state index in [0.717, 1.165) is 24.5 Å². The third kappa shape index (κ3) is 4.38. The highest BCUT2D eigenvalue weighted by Gasteiger charge is 2.32. The first-order valence-corrected chi connectivity index (χ1v) is 4.75. The number of rotatable bonds is 3. The molecule has 7 heteroatoms. The van der Waals surface area contributed by atoms with Crippen molar-refractivity contribution in [3.63, 3.8) is 0 Å². The number of benzene rings is 1. The summed E-state index contributed by atoms with van der Waals surface area (Å²) in [6.07, 6.45) is -10.9. The van der Waals surface area contributed by atoms with E-state index in [1.807, 2.05) is 0 Å². The number of hydrogen-bond acceptors (Lipinski definition) is 1. The molecule has 1 nitrogen and oxygen atoms in total. The number of halogens is 6. The maximum Gasteiger partial charge on any atom is 0.393 e. The molecule has 0 spiro atoms. The zero-order valence-electron chi connectivity index (χ0n) is 8.82. The summed E-state index contributed by atoms with van der Waals surface area (Å²) in [5.74, 6) is 0. The molecule has 1 rings (SSSR count). The van der Waals surface area contributed by atoms with E-state index >= 15 is 0 Å². The van der Waals surface area contributed by atoms with Crippen molar-refractivity contribution in [2.75, 3.05) is 0 Å².